The Kier molecular flexibility index (Phi) is 3.67. The van der Waals surface area contributed by atoms with Crippen molar-refractivity contribution in [1.82, 2.24) is 0 Å². The molecule has 3 heteroatoms. The Morgan fingerprint density at radius 3 is 2.35 bits per heavy atom. The fourth-order valence-corrected chi connectivity index (χ4v) is 1.90. The second-order valence-corrected chi connectivity index (χ2v) is 4.21. The van der Waals surface area contributed by atoms with Crippen LogP contribution in [-0.4, -0.2) is 7.11 Å². The van der Waals surface area contributed by atoms with Crippen molar-refractivity contribution < 1.29 is 4.74 Å². The van der Waals surface area contributed by atoms with Gasteiger partial charge in [-0.05, 0) is 23.8 Å². The van der Waals surface area contributed by atoms with E-state index in [1.165, 1.54) is 0 Å². The molecule has 0 aromatic heterocycles. The lowest BCUT2D eigenvalue weighted by atomic mass is 9.99. The number of para-hydroxylation sites is 1. The topological polar surface area (TPSA) is 35.2 Å². The van der Waals surface area contributed by atoms with Crippen molar-refractivity contribution >= 4 is 11.6 Å². The quantitative estimate of drug-likeness (QED) is 0.902. The van der Waals surface area contributed by atoms with Crippen LogP contribution in [0.2, 0.25) is 5.02 Å². The van der Waals surface area contributed by atoms with Crippen LogP contribution in [0.25, 0.3) is 0 Å². The van der Waals surface area contributed by atoms with E-state index in [4.69, 9.17) is 22.1 Å². The molecule has 2 rings (SSSR count). The van der Waals surface area contributed by atoms with Crippen molar-refractivity contribution in [2.45, 2.75) is 6.04 Å². The molecule has 0 saturated carbocycles. The van der Waals surface area contributed by atoms with Gasteiger partial charge in [-0.1, -0.05) is 41.9 Å². The van der Waals surface area contributed by atoms with Crippen molar-refractivity contribution in [1.29, 1.82) is 0 Å². The van der Waals surface area contributed by atoms with Crippen molar-refractivity contribution in [3.05, 3.63) is 64.7 Å². The molecule has 1 unspecified atom stereocenters. The molecule has 0 aliphatic rings. The summed E-state index contributed by atoms with van der Waals surface area (Å²) in [6, 6.07) is 15.1. The van der Waals surface area contributed by atoms with Gasteiger partial charge in [0.25, 0.3) is 0 Å². The van der Waals surface area contributed by atoms with E-state index in [9.17, 15) is 0 Å². The van der Waals surface area contributed by atoms with Gasteiger partial charge in [0.15, 0.2) is 0 Å². The summed E-state index contributed by atoms with van der Waals surface area (Å²) in [6.07, 6.45) is 0. The number of benzene rings is 2. The molecule has 17 heavy (non-hydrogen) atoms. The van der Waals surface area contributed by atoms with E-state index < -0.39 is 0 Å². The second kappa shape index (κ2) is 5.21. The largest absolute Gasteiger partial charge is 0.496 e. The number of nitrogens with two attached hydrogens (primary N) is 1. The molecule has 2 aromatic carbocycles. The van der Waals surface area contributed by atoms with Gasteiger partial charge in [-0.2, -0.15) is 0 Å². The summed E-state index contributed by atoms with van der Waals surface area (Å²) < 4.78 is 5.31. The monoisotopic (exact) mass is 247 g/mol. The van der Waals surface area contributed by atoms with Crippen molar-refractivity contribution in [3.8, 4) is 5.75 Å². The van der Waals surface area contributed by atoms with E-state index in [-0.39, 0.29) is 6.04 Å². The summed E-state index contributed by atoms with van der Waals surface area (Å²) in [4.78, 5) is 0. The van der Waals surface area contributed by atoms with Gasteiger partial charge < -0.3 is 10.5 Å². The molecule has 2 N–H and O–H groups in total. The van der Waals surface area contributed by atoms with Crippen LogP contribution < -0.4 is 10.5 Å². The molecule has 0 radical (unpaired) electrons. The third-order valence-corrected chi connectivity index (χ3v) is 2.96. The van der Waals surface area contributed by atoms with Crippen molar-refractivity contribution in [3.63, 3.8) is 0 Å². The zero-order valence-electron chi connectivity index (χ0n) is 9.56. The van der Waals surface area contributed by atoms with E-state index in [1.54, 1.807) is 7.11 Å². The van der Waals surface area contributed by atoms with Crippen LogP contribution in [0.15, 0.2) is 48.5 Å². The molecule has 1 atom stereocenters. The third-order valence-electron chi connectivity index (χ3n) is 2.70. The Labute approximate surface area is 106 Å². The summed E-state index contributed by atoms with van der Waals surface area (Å²) in [6.45, 7) is 0. The number of hydrogen-bond donors (Lipinski definition) is 1. The maximum atomic E-state index is 6.22. The first kappa shape index (κ1) is 12.0. The normalized spacial score (nSPS) is 12.2. The first-order valence-electron chi connectivity index (χ1n) is 5.36. The zero-order chi connectivity index (χ0) is 12.3. The fraction of sp³-hybridized carbons (Fsp3) is 0.143. The molecule has 0 heterocycles. The van der Waals surface area contributed by atoms with Crippen LogP contribution >= 0.6 is 11.6 Å². The zero-order valence-corrected chi connectivity index (χ0v) is 10.3. The minimum Gasteiger partial charge on any atom is -0.496 e. The average Bonchev–Trinajstić information content (AvgIpc) is 2.39. The molecule has 0 bridgehead atoms. The predicted octanol–water partition coefficient (Wildman–Crippen LogP) is 3.40. The minimum atomic E-state index is -0.205. The van der Waals surface area contributed by atoms with Crippen LogP contribution in [-0.2, 0) is 0 Å². The number of methoxy groups -OCH3 is 1. The van der Waals surface area contributed by atoms with Crippen molar-refractivity contribution in [2.75, 3.05) is 7.11 Å². The summed E-state index contributed by atoms with van der Waals surface area (Å²) in [7, 11) is 1.65. The van der Waals surface area contributed by atoms with Crippen LogP contribution in [0.5, 0.6) is 5.75 Å². The summed E-state index contributed by atoms with van der Waals surface area (Å²) >= 11 is 5.86. The number of rotatable bonds is 3. The van der Waals surface area contributed by atoms with E-state index in [0.717, 1.165) is 16.9 Å². The average molecular weight is 248 g/mol. The number of halogens is 1. The number of ether oxygens (including phenoxy) is 1. The molecular formula is C14H14ClNO. The van der Waals surface area contributed by atoms with Gasteiger partial charge in [0, 0.05) is 10.6 Å². The van der Waals surface area contributed by atoms with E-state index in [0.29, 0.717) is 5.02 Å². The van der Waals surface area contributed by atoms with E-state index >= 15 is 0 Å². The molecule has 2 aromatic rings. The third kappa shape index (κ3) is 2.60. The van der Waals surface area contributed by atoms with Crippen LogP contribution in [0.3, 0.4) is 0 Å². The first-order valence-corrected chi connectivity index (χ1v) is 5.74. The SMILES string of the molecule is COc1ccccc1C(N)c1ccc(Cl)cc1. The van der Waals surface area contributed by atoms with Gasteiger partial charge in [0.2, 0.25) is 0 Å². The van der Waals surface area contributed by atoms with Crippen LogP contribution in [0.4, 0.5) is 0 Å². The fourth-order valence-electron chi connectivity index (χ4n) is 1.77. The summed E-state index contributed by atoms with van der Waals surface area (Å²) in [5.41, 5.74) is 8.20. The molecular weight excluding hydrogens is 234 g/mol. The summed E-state index contributed by atoms with van der Waals surface area (Å²) in [5.74, 6) is 0.801. The molecule has 0 fully saturated rings. The molecule has 0 aliphatic heterocycles. The Morgan fingerprint density at radius 1 is 1.06 bits per heavy atom. The van der Waals surface area contributed by atoms with E-state index in [2.05, 4.69) is 0 Å². The highest BCUT2D eigenvalue weighted by Gasteiger charge is 2.12. The lowest BCUT2D eigenvalue weighted by Crippen LogP contribution is -2.12. The Morgan fingerprint density at radius 2 is 1.71 bits per heavy atom. The Balaban J connectivity index is 2.36. The Hall–Kier alpha value is -1.51. The smallest absolute Gasteiger partial charge is 0.123 e. The molecule has 0 amide bonds. The van der Waals surface area contributed by atoms with Gasteiger partial charge in [-0.15, -0.1) is 0 Å². The molecule has 0 spiro atoms. The molecule has 0 aliphatic carbocycles. The highest BCUT2D eigenvalue weighted by Crippen LogP contribution is 2.28. The number of hydrogen-bond acceptors (Lipinski definition) is 2. The van der Waals surface area contributed by atoms with Gasteiger partial charge in [0.05, 0.1) is 13.2 Å². The van der Waals surface area contributed by atoms with E-state index in [1.807, 2.05) is 48.5 Å². The lowest BCUT2D eigenvalue weighted by Gasteiger charge is -2.15. The minimum absolute atomic E-state index is 0.205. The maximum absolute atomic E-state index is 6.22. The van der Waals surface area contributed by atoms with Crippen LogP contribution in [0, 0.1) is 0 Å². The highest BCUT2D eigenvalue weighted by molar-refractivity contribution is 6.30. The molecule has 0 saturated heterocycles. The molecule has 88 valence electrons. The van der Waals surface area contributed by atoms with Gasteiger partial charge in [-0.3, -0.25) is 0 Å². The highest BCUT2D eigenvalue weighted by atomic mass is 35.5. The summed E-state index contributed by atoms with van der Waals surface area (Å²) in [5, 5.41) is 0.709. The predicted molar refractivity (Wildman–Crippen MR) is 70.5 cm³/mol. The molecule has 2 nitrogen and oxygen atoms in total. The van der Waals surface area contributed by atoms with Gasteiger partial charge >= 0.3 is 0 Å². The van der Waals surface area contributed by atoms with Gasteiger partial charge in [0.1, 0.15) is 5.75 Å². The van der Waals surface area contributed by atoms with Crippen molar-refractivity contribution in [2.24, 2.45) is 5.73 Å². The second-order valence-electron chi connectivity index (χ2n) is 3.77. The van der Waals surface area contributed by atoms with Crippen LogP contribution in [0.1, 0.15) is 17.2 Å². The first-order chi connectivity index (χ1) is 8.22. The lowest BCUT2D eigenvalue weighted by molar-refractivity contribution is 0.408. The standard InChI is InChI=1S/C14H14ClNO/c1-17-13-5-3-2-4-12(13)14(16)10-6-8-11(15)9-7-10/h2-9,14H,16H2,1H3. The van der Waals surface area contributed by atoms with Gasteiger partial charge in [-0.25, -0.2) is 0 Å². The maximum Gasteiger partial charge on any atom is 0.123 e. The Bertz CT molecular complexity index is 496.